The number of rotatable bonds is 7. The van der Waals surface area contributed by atoms with Crippen molar-refractivity contribution in [1.82, 2.24) is 4.90 Å². The molecule has 0 aromatic heterocycles. The Morgan fingerprint density at radius 1 is 1.16 bits per heavy atom. The number of nitrogens with one attached hydrogen (secondary N) is 1. The number of carbonyl (C=O) groups excluding carboxylic acids is 2. The highest BCUT2D eigenvalue weighted by Crippen LogP contribution is 2.32. The number of anilines is 1. The van der Waals surface area contributed by atoms with Crippen LogP contribution in [0.5, 0.6) is 0 Å². The molecule has 1 heterocycles. The van der Waals surface area contributed by atoms with Gasteiger partial charge in [-0.1, -0.05) is 47.9 Å². The monoisotopic (exact) mass is 436 g/mol. The van der Waals surface area contributed by atoms with E-state index in [1.165, 1.54) is 0 Å². The van der Waals surface area contributed by atoms with Crippen LogP contribution < -0.4 is 4.72 Å². The normalized spacial score (nSPS) is 15.8. The van der Waals surface area contributed by atoms with Gasteiger partial charge in [0, 0.05) is 31.5 Å². The molecule has 6 nitrogen and oxygen atoms in total. The molecule has 2 aromatic carbocycles. The van der Waals surface area contributed by atoms with E-state index in [1.54, 1.807) is 47.5 Å². The van der Waals surface area contributed by atoms with E-state index in [9.17, 15) is 18.0 Å². The molecule has 2 aromatic rings. The van der Waals surface area contributed by atoms with Crippen molar-refractivity contribution in [3.05, 3.63) is 71.9 Å². The average Bonchev–Trinajstić information content (AvgIpc) is 2.75. The van der Waals surface area contributed by atoms with E-state index < -0.39 is 10.0 Å². The molecule has 7 heteroatoms. The third-order valence-corrected chi connectivity index (χ3v) is 6.39. The molecule has 0 unspecified atom stereocenters. The fourth-order valence-corrected chi connectivity index (χ4v) is 4.45. The number of nitrogens with zero attached hydrogens (tertiary/aromatic N) is 1. The highest BCUT2D eigenvalue weighted by atomic mass is 32.2. The molecule has 0 radical (unpaired) electrons. The van der Waals surface area contributed by atoms with Crippen LogP contribution >= 0.6 is 0 Å². The zero-order valence-corrected chi connectivity index (χ0v) is 18.1. The lowest BCUT2D eigenvalue weighted by Gasteiger charge is -2.27. The largest absolute Gasteiger partial charge is 0.319 e. The SMILES string of the molecule is Cc1ccc(S(=O)(=O)Nc2ccccc2[C@@H]2C=CN(CCCC#CC=O)C(=O)C2)cc1. The number of carbonyl (C=O) groups is 2. The lowest BCUT2D eigenvalue weighted by atomic mass is 9.92. The number of allylic oxidation sites excluding steroid dienone is 1. The summed E-state index contributed by atoms with van der Waals surface area (Å²) in [6.45, 7) is 2.42. The Bertz CT molecular complexity index is 1140. The van der Waals surface area contributed by atoms with Crippen molar-refractivity contribution < 1.29 is 18.0 Å². The van der Waals surface area contributed by atoms with Crippen LogP contribution in [0.2, 0.25) is 0 Å². The van der Waals surface area contributed by atoms with Crippen LogP contribution in [0.15, 0.2) is 65.7 Å². The van der Waals surface area contributed by atoms with Gasteiger partial charge in [0.2, 0.25) is 5.91 Å². The molecular weight excluding hydrogens is 412 g/mol. The molecule has 31 heavy (non-hydrogen) atoms. The smallest absolute Gasteiger partial charge is 0.261 e. The maximum Gasteiger partial charge on any atom is 0.261 e. The van der Waals surface area contributed by atoms with Gasteiger partial charge in [0.05, 0.1) is 10.6 Å². The summed E-state index contributed by atoms with van der Waals surface area (Å²) in [4.78, 5) is 24.6. The molecule has 0 bridgehead atoms. The maximum atomic E-state index is 12.8. The summed E-state index contributed by atoms with van der Waals surface area (Å²) >= 11 is 0. The Kier molecular flexibility index (Phi) is 7.27. The predicted molar refractivity (Wildman–Crippen MR) is 120 cm³/mol. The molecule has 1 atom stereocenters. The third-order valence-electron chi connectivity index (χ3n) is 5.01. The second kappa shape index (κ2) is 10.1. The number of hydrogen-bond acceptors (Lipinski definition) is 4. The van der Waals surface area contributed by atoms with Crippen molar-refractivity contribution in [1.29, 1.82) is 0 Å². The first-order chi connectivity index (χ1) is 14.9. The van der Waals surface area contributed by atoms with Gasteiger partial charge >= 0.3 is 0 Å². The van der Waals surface area contributed by atoms with Gasteiger partial charge in [0.1, 0.15) is 0 Å². The Morgan fingerprint density at radius 3 is 2.61 bits per heavy atom. The van der Waals surface area contributed by atoms with Crippen LogP contribution in [-0.4, -0.2) is 32.1 Å². The first-order valence-corrected chi connectivity index (χ1v) is 11.5. The molecule has 0 spiro atoms. The molecule has 1 N–H and O–H groups in total. The van der Waals surface area contributed by atoms with Crippen LogP contribution in [0.25, 0.3) is 0 Å². The van der Waals surface area contributed by atoms with E-state index in [2.05, 4.69) is 16.6 Å². The van der Waals surface area contributed by atoms with Crippen LogP contribution in [0.3, 0.4) is 0 Å². The van der Waals surface area contributed by atoms with Gasteiger partial charge in [0.15, 0.2) is 6.29 Å². The van der Waals surface area contributed by atoms with Crippen molar-refractivity contribution in [3.8, 4) is 11.8 Å². The highest BCUT2D eigenvalue weighted by molar-refractivity contribution is 7.92. The highest BCUT2D eigenvalue weighted by Gasteiger charge is 2.25. The van der Waals surface area contributed by atoms with Gasteiger partial charge in [-0.15, -0.1) is 0 Å². The predicted octanol–water partition coefficient (Wildman–Crippen LogP) is 3.61. The van der Waals surface area contributed by atoms with E-state index in [1.807, 2.05) is 25.1 Å². The molecule has 3 rings (SSSR count). The number of hydrogen-bond donors (Lipinski definition) is 1. The molecular formula is C24H24N2O4S. The summed E-state index contributed by atoms with van der Waals surface area (Å²) in [5.74, 6) is 4.82. The number of aryl methyl sites for hydroxylation is 1. The van der Waals surface area contributed by atoms with Gasteiger partial charge in [-0.05, 0) is 43.0 Å². The number of sulfonamides is 1. The standard InChI is InChI=1S/C24H24N2O4S/c1-19-10-12-21(13-11-19)31(29,30)25-23-9-5-4-8-22(23)20-14-16-26(24(28)18-20)15-6-2-3-7-17-27/h4-5,8-14,16-17,20,25H,2,6,15,18H2,1H3/t20-/m1/s1. The Balaban J connectivity index is 1.74. The van der Waals surface area contributed by atoms with Crippen molar-refractivity contribution in [2.75, 3.05) is 11.3 Å². The summed E-state index contributed by atoms with van der Waals surface area (Å²) in [7, 11) is -3.74. The zero-order chi connectivity index (χ0) is 22.3. The number of unbranched alkanes of at least 4 members (excludes halogenated alkanes) is 1. The van der Waals surface area contributed by atoms with Gasteiger partial charge in [-0.3, -0.25) is 14.3 Å². The van der Waals surface area contributed by atoms with E-state index in [4.69, 9.17) is 0 Å². The van der Waals surface area contributed by atoms with Gasteiger partial charge in [0.25, 0.3) is 10.0 Å². The van der Waals surface area contributed by atoms with E-state index in [-0.39, 0.29) is 23.1 Å². The van der Waals surface area contributed by atoms with Crippen molar-refractivity contribution in [2.45, 2.75) is 37.0 Å². The second-order valence-electron chi connectivity index (χ2n) is 7.29. The zero-order valence-electron chi connectivity index (χ0n) is 17.2. The number of aldehydes is 1. The minimum absolute atomic E-state index is 0.0351. The Hall–Kier alpha value is -3.37. The maximum absolute atomic E-state index is 12.8. The topological polar surface area (TPSA) is 83.6 Å². The first-order valence-electron chi connectivity index (χ1n) is 9.99. The molecule has 0 saturated carbocycles. The third kappa shape index (κ3) is 5.83. The van der Waals surface area contributed by atoms with Crippen molar-refractivity contribution >= 4 is 27.9 Å². The summed E-state index contributed by atoms with van der Waals surface area (Å²) in [6.07, 6.45) is 5.69. The van der Waals surface area contributed by atoms with Crippen molar-refractivity contribution in [2.24, 2.45) is 0 Å². The van der Waals surface area contributed by atoms with Gasteiger partial charge in [-0.25, -0.2) is 8.42 Å². The molecule has 1 aliphatic heterocycles. The fraction of sp³-hybridized carbons (Fsp3) is 0.250. The van der Waals surface area contributed by atoms with Crippen molar-refractivity contribution in [3.63, 3.8) is 0 Å². The van der Waals surface area contributed by atoms with Gasteiger partial charge < -0.3 is 4.90 Å². The lowest BCUT2D eigenvalue weighted by molar-refractivity contribution is -0.129. The summed E-state index contributed by atoms with van der Waals surface area (Å²) in [6, 6.07) is 13.8. The van der Waals surface area contributed by atoms with E-state index in [0.29, 0.717) is 31.4 Å². The molecule has 1 aliphatic rings. The minimum Gasteiger partial charge on any atom is -0.319 e. The minimum atomic E-state index is -3.74. The van der Waals surface area contributed by atoms with Crippen LogP contribution in [-0.2, 0) is 19.6 Å². The average molecular weight is 437 g/mol. The molecule has 1 amide bonds. The molecule has 0 fully saturated rings. The Morgan fingerprint density at radius 2 is 1.90 bits per heavy atom. The van der Waals surface area contributed by atoms with E-state index in [0.717, 1.165) is 11.1 Å². The van der Waals surface area contributed by atoms with Crippen LogP contribution in [0, 0.1) is 18.8 Å². The fourth-order valence-electron chi connectivity index (χ4n) is 3.36. The molecule has 160 valence electrons. The quantitative estimate of drug-likeness (QED) is 0.408. The summed E-state index contributed by atoms with van der Waals surface area (Å²) in [5, 5.41) is 0. The number of benzene rings is 2. The van der Waals surface area contributed by atoms with Crippen LogP contribution in [0.4, 0.5) is 5.69 Å². The second-order valence-corrected chi connectivity index (χ2v) is 8.97. The lowest BCUT2D eigenvalue weighted by Crippen LogP contribution is -2.31. The van der Waals surface area contributed by atoms with Crippen LogP contribution in [0.1, 0.15) is 36.3 Å². The van der Waals surface area contributed by atoms with Gasteiger partial charge in [-0.2, -0.15) is 0 Å². The molecule has 0 aliphatic carbocycles. The summed E-state index contributed by atoms with van der Waals surface area (Å²) in [5.41, 5.74) is 2.19. The van der Waals surface area contributed by atoms with E-state index >= 15 is 0 Å². The molecule has 0 saturated heterocycles. The Labute approximate surface area is 183 Å². The summed E-state index contributed by atoms with van der Waals surface area (Å²) < 4.78 is 28.3. The first kappa shape index (κ1) is 22.3. The number of amides is 1. The number of para-hydroxylation sites is 1.